The molecule has 1 unspecified atom stereocenters. The Morgan fingerprint density at radius 3 is 2.64 bits per heavy atom. The Labute approximate surface area is 95.3 Å². The second kappa shape index (κ2) is 4.24. The topological polar surface area (TPSA) is 0 Å². The van der Waals surface area contributed by atoms with Crippen LogP contribution in [0.15, 0.2) is 17.5 Å². The van der Waals surface area contributed by atoms with E-state index in [0.717, 1.165) is 0 Å². The lowest BCUT2D eigenvalue weighted by Gasteiger charge is -2.37. The van der Waals surface area contributed by atoms with Crippen LogP contribution in [0.25, 0.3) is 0 Å². The molecule has 0 aliphatic heterocycles. The molecule has 0 N–H and O–H groups in total. The van der Waals surface area contributed by atoms with Crippen molar-refractivity contribution in [3.63, 3.8) is 0 Å². The maximum atomic E-state index is 6.58. The van der Waals surface area contributed by atoms with Gasteiger partial charge in [0, 0.05) is 4.88 Å². The lowest BCUT2D eigenvalue weighted by molar-refractivity contribution is 0.208. The highest BCUT2D eigenvalue weighted by Gasteiger charge is 2.35. The largest absolute Gasteiger partial charge is 0.147 e. The molecule has 0 nitrogen and oxygen atoms in total. The molecular weight excluding hydrogens is 212 g/mol. The summed E-state index contributed by atoms with van der Waals surface area (Å²) < 4.78 is 0. The van der Waals surface area contributed by atoms with Gasteiger partial charge in [-0.05, 0) is 29.7 Å². The average molecular weight is 229 g/mol. The molecule has 1 atom stereocenters. The Balaban J connectivity index is 2.13. The van der Waals surface area contributed by atoms with Crippen molar-refractivity contribution in [3.05, 3.63) is 22.4 Å². The van der Waals surface area contributed by atoms with Gasteiger partial charge in [0.1, 0.15) is 0 Å². The molecule has 14 heavy (non-hydrogen) atoms. The SMILES string of the molecule is CC1(C(Cl)c2cccs2)CCCCC1. The molecular formula is C12H17ClS. The summed E-state index contributed by atoms with van der Waals surface area (Å²) in [5.41, 5.74) is 0.338. The van der Waals surface area contributed by atoms with E-state index in [1.807, 2.05) is 0 Å². The summed E-state index contributed by atoms with van der Waals surface area (Å²) in [7, 11) is 0. The Morgan fingerprint density at radius 2 is 2.07 bits per heavy atom. The summed E-state index contributed by atoms with van der Waals surface area (Å²) >= 11 is 8.37. The minimum Gasteiger partial charge on any atom is -0.147 e. The maximum absolute atomic E-state index is 6.58. The third-order valence-electron chi connectivity index (χ3n) is 3.40. The van der Waals surface area contributed by atoms with Gasteiger partial charge >= 0.3 is 0 Å². The van der Waals surface area contributed by atoms with E-state index in [1.165, 1.54) is 37.0 Å². The Bertz CT molecular complexity index is 273. The molecule has 1 heterocycles. The molecule has 0 spiro atoms. The van der Waals surface area contributed by atoms with Crippen LogP contribution in [-0.2, 0) is 0 Å². The van der Waals surface area contributed by atoms with E-state index in [4.69, 9.17) is 11.6 Å². The first-order valence-corrected chi connectivity index (χ1v) is 6.71. The van der Waals surface area contributed by atoms with Crippen molar-refractivity contribution in [1.29, 1.82) is 0 Å². The van der Waals surface area contributed by atoms with Crippen LogP contribution in [0, 0.1) is 5.41 Å². The fourth-order valence-electron chi connectivity index (χ4n) is 2.39. The monoisotopic (exact) mass is 228 g/mol. The van der Waals surface area contributed by atoms with Crippen LogP contribution in [0.2, 0.25) is 0 Å². The van der Waals surface area contributed by atoms with Crippen molar-refractivity contribution in [2.75, 3.05) is 0 Å². The lowest BCUT2D eigenvalue weighted by atomic mass is 9.73. The number of hydrogen-bond acceptors (Lipinski definition) is 1. The van der Waals surface area contributed by atoms with Gasteiger partial charge in [0.2, 0.25) is 0 Å². The second-order valence-electron chi connectivity index (χ2n) is 4.59. The van der Waals surface area contributed by atoms with Crippen LogP contribution < -0.4 is 0 Å². The maximum Gasteiger partial charge on any atom is 0.0732 e. The molecule has 2 heteroatoms. The summed E-state index contributed by atoms with van der Waals surface area (Å²) in [4.78, 5) is 1.34. The summed E-state index contributed by atoms with van der Waals surface area (Å²) in [5.74, 6) is 0. The first kappa shape index (κ1) is 10.5. The number of alkyl halides is 1. The number of halogens is 1. The van der Waals surface area contributed by atoms with Gasteiger partial charge in [-0.25, -0.2) is 0 Å². The molecule has 1 aromatic rings. The second-order valence-corrected chi connectivity index (χ2v) is 6.01. The normalized spacial score (nSPS) is 23.3. The van der Waals surface area contributed by atoms with Crippen molar-refractivity contribution in [2.24, 2.45) is 5.41 Å². The number of rotatable bonds is 2. The van der Waals surface area contributed by atoms with Gasteiger partial charge in [-0.3, -0.25) is 0 Å². The Hall–Kier alpha value is -0.0100. The van der Waals surface area contributed by atoms with Crippen molar-refractivity contribution in [3.8, 4) is 0 Å². The molecule has 0 amide bonds. The third kappa shape index (κ3) is 1.99. The molecule has 0 bridgehead atoms. The van der Waals surface area contributed by atoms with Crippen LogP contribution in [-0.4, -0.2) is 0 Å². The first-order valence-electron chi connectivity index (χ1n) is 5.40. The van der Waals surface area contributed by atoms with E-state index in [-0.39, 0.29) is 5.38 Å². The van der Waals surface area contributed by atoms with Crippen LogP contribution in [0.3, 0.4) is 0 Å². The summed E-state index contributed by atoms with van der Waals surface area (Å²) in [6.45, 7) is 2.35. The van der Waals surface area contributed by atoms with E-state index >= 15 is 0 Å². The Kier molecular flexibility index (Phi) is 3.18. The van der Waals surface area contributed by atoms with Crippen molar-refractivity contribution < 1.29 is 0 Å². The highest BCUT2D eigenvalue weighted by atomic mass is 35.5. The zero-order chi connectivity index (χ0) is 10.0. The predicted molar refractivity (Wildman–Crippen MR) is 64.1 cm³/mol. The first-order chi connectivity index (χ1) is 6.72. The standard InChI is InChI=1S/C12H17ClS/c1-12(7-3-2-4-8-12)11(13)10-6-5-9-14-10/h5-6,9,11H,2-4,7-8H2,1H3. The molecule has 0 radical (unpaired) electrons. The molecule has 1 aliphatic carbocycles. The minimum absolute atomic E-state index is 0.225. The molecule has 1 saturated carbocycles. The van der Waals surface area contributed by atoms with Gasteiger partial charge in [-0.2, -0.15) is 0 Å². The van der Waals surface area contributed by atoms with Crippen LogP contribution in [0.1, 0.15) is 49.3 Å². The smallest absolute Gasteiger partial charge is 0.0732 e. The molecule has 1 aliphatic rings. The van der Waals surface area contributed by atoms with E-state index in [1.54, 1.807) is 11.3 Å². The van der Waals surface area contributed by atoms with Gasteiger partial charge in [0.05, 0.1) is 5.38 Å². The zero-order valence-corrected chi connectivity index (χ0v) is 10.2. The quantitative estimate of drug-likeness (QED) is 0.625. The van der Waals surface area contributed by atoms with Gasteiger partial charge in [0.25, 0.3) is 0 Å². The fraction of sp³-hybridized carbons (Fsp3) is 0.667. The third-order valence-corrected chi connectivity index (χ3v) is 5.23. The highest BCUT2D eigenvalue weighted by Crippen LogP contribution is 2.49. The molecule has 0 saturated heterocycles. The van der Waals surface area contributed by atoms with E-state index in [9.17, 15) is 0 Å². The molecule has 1 aromatic heterocycles. The zero-order valence-electron chi connectivity index (χ0n) is 8.63. The van der Waals surface area contributed by atoms with Gasteiger partial charge in [0.15, 0.2) is 0 Å². The van der Waals surface area contributed by atoms with E-state index in [2.05, 4.69) is 24.4 Å². The van der Waals surface area contributed by atoms with Crippen molar-refractivity contribution >= 4 is 22.9 Å². The summed E-state index contributed by atoms with van der Waals surface area (Å²) in [6, 6.07) is 4.27. The summed E-state index contributed by atoms with van der Waals surface area (Å²) in [6.07, 6.45) is 6.68. The molecule has 1 fully saturated rings. The van der Waals surface area contributed by atoms with Crippen molar-refractivity contribution in [1.82, 2.24) is 0 Å². The number of hydrogen-bond donors (Lipinski definition) is 0. The minimum atomic E-state index is 0.225. The van der Waals surface area contributed by atoms with E-state index < -0.39 is 0 Å². The van der Waals surface area contributed by atoms with Gasteiger partial charge in [-0.15, -0.1) is 22.9 Å². The van der Waals surface area contributed by atoms with Gasteiger partial charge < -0.3 is 0 Å². The predicted octanol–water partition coefficient (Wildman–Crippen LogP) is 5.00. The van der Waals surface area contributed by atoms with Crippen LogP contribution in [0.4, 0.5) is 0 Å². The Morgan fingerprint density at radius 1 is 1.36 bits per heavy atom. The van der Waals surface area contributed by atoms with Crippen molar-refractivity contribution in [2.45, 2.75) is 44.4 Å². The van der Waals surface area contributed by atoms with Crippen LogP contribution in [0.5, 0.6) is 0 Å². The lowest BCUT2D eigenvalue weighted by Crippen LogP contribution is -2.24. The molecule has 2 rings (SSSR count). The van der Waals surface area contributed by atoms with E-state index in [0.29, 0.717) is 5.41 Å². The average Bonchev–Trinajstić information content (AvgIpc) is 2.70. The summed E-state index contributed by atoms with van der Waals surface area (Å²) in [5, 5.41) is 2.35. The molecule has 0 aromatic carbocycles. The molecule has 78 valence electrons. The fourth-order valence-corrected chi connectivity index (χ4v) is 3.71. The van der Waals surface area contributed by atoms with Crippen LogP contribution >= 0.6 is 22.9 Å². The highest BCUT2D eigenvalue weighted by molar-refractivity contribution is 7.10. The number of thiophene rings is 1. The van der Waals surface area contributed by atoms with Gasteiger partial charge in [-0.1, -0.05) is 32.3 Å².